The molecule has 0 spiro atoms. The van der Waals surface area contributed by atoms with E-state index in [-0.39, 0.29) is 18.5 Å². The van der Waals surface area contributed by atoms with E-state index in [0.717, 1.165) is 34.9 Å². The Morgan fingerprint density at radius 1 is 1.12 bits per heavy atom. The van der Waals surface area contributed by atoms with Crippen molar-refractivity contribution >= 4 is 27.9 Å². The molecule has 2 aromatic rings. The van der Waals surface area contributed by atoms with Crippen LogP contribution in [-0.4, -0.2) is 16.8 Å². The highest BCUT2D eigenvalue weighted by Crippen LogP contribution is 2.33. The Balaban J connectivity index is 1.65. The second kappa shape index (κ2) is 5.99. The van der Waals surface area contributed by atoms with Gasteiger partial charge >= 0.3 is 6.03 Å². The minimum absolute atomic E-state index is 0.203. The lowest BCUT2D eigenvalue weighted by Gasteiger charge is -2.23. The molecule has 5 heteroatoms. The fourth-order valence-electron chi connectivity index (χ4n) is 3.72. The molecule has 4 nitrogen and oxygen atoms in total. The Morgan fingerprint density at radius 2 is 1.88 bits per heavy atom. The van der Waals surface area contributed by atoms with Gasteiger partial charge in [0.05, 0.1) is 6.54 Å². The van der Waals surface area contributed by atoms with Crippen LogP contribution >= 0.6 is 15.9 Å². The summed E-state index contributed by atoms with van der Waals surface area (Å²) in [7, 11) is 0. The molecule has 1 fully saturated rings. The Labute approximate surface area is 155 Å². The average molecular weight is 399 g/mol. The Hall–Kier alpha value is -2.14. The number of hydrogen-bond acceptors (Lipinski definition) is 2. The number of nitrogens with one attached hydrogen (secondary N) is 1. The zero-order chi connectivity index (χ0) is 17.6. The van der Waals surface area contributed by atoms with Crippen molar-refractivity contribution in [3.63, 3.8) is 0 Å². The lowest BCUT2D eigenvalue weighted by molar-refractivity contribution is -0.131. The van der Waals surface area contributed by atoms with E-state index in [1.165, 1.54) is 16.0 Å². The van der Waals surface area contributed by atoms with Crippen LogP contribution in [0.2, 0.25) is 0 Å². The molecule has 1 unspecified atom stereocenters. The van der Waals surface area contributed by atoms with Gasteiger partial charge in [0.2, 0.25) is 0 Å². The zero-order valence-electron chi connectivity index (χ0n) is 14.0. The van der Waals surface area contributed by atoms with Crippen LogP contribution in [0.4, 0.5) is 4.79 Å². The summed E-state index contributed by atoms with van der Waals surface area (Å²) >= 11 is 3.48. The van der Waals surface area contributed by atoms with E-state index in [2.05, 4.69) is 33.4 Å². The minimum Gasteiger partial charge on any atom is -0.319 e. The summed E-state index contributed by atoms with van der Waals surface area (Å²) in [5.74, 6) is -0.203. The number of benzene rings is 2. The normalized spacial score (nSPS) is 22.2. The molecule has 4 rings (SSSR count). The summed E-state index contributed by atoms with van der Waals surface area (Å²) < 4.78 is 0.890. The first-order valence-corrected chi connectivity index (χ1v) is 9.28. The van der Waals surface area contributed by atoms with Gasteiger partial charge in [-0.05, 0) is 54.5 Å². The third-order valence-electron chi connectivity index (χ3n) is 5.24. The quantitative estimate of drug-likeness (QED) is 0.796. The second-order valence-electron chi connectivity index (χ2n) is 6.87. The number of fused-ring (bicyclic) bond motifs is 1. The molecule has 2 aliphatic rings. The van der Waals surface area contributed by atoms with Gasteiger partial charge in [-0.25, -0.2) is 4.79 Å². The number of hydrogen-bond donors (Lipinski definition) is 1. The molecule has 1 heterocycles. The van der Waals surface area contributed by atoms with Crippen molar-refractivity contribution in [3.8, 4) is 0 Å². The number of carbonyl (C=O) groups is 2. The van der Waals surface area contributed by atoms with E-state index in [1.807, 2.05) is 30.3 Å². The summed E-state index contributed by atoms with van der Waals surface area (Å²) in [5, 5.41) is 2.90. The fraction of sp³-hybridized carbons (Fsp3) is 0.300. The maximum absolute atomic E-state index is 13.1. The summed E-state index contributed by atoms with van der Waals surface area (Å²) in [6, 6.07) is 13.4. The molecule has 1 saturated heterocycles. The van der Waals surface area contributed by atoms with Gasteiger partial charge in [0.15, 0.2) is 0 Å². The third-order valence-corrected chi connectivity index (χ3v) is 6.01. The number of urea groups is 1. The predicted octanol–water partition coefficient (Wildman–Crippen LogP) is 3.91. The molecule has 1 N–H and O–H groups in total. The largest absolute Gasteiger partial charge is 0.325 e. The van der Waals surface area contributed by atoms with Crippen LogP contribution in [0, 0.1) is 0 Å². The molecule has 0 saturated carbocycles. The summed E-state index contributed by atoms with van der Waals surface area (Å²) in [5.41, 5.74) is 3.42. The molecule has 1 aliphatic heterocycles. The van der Waals surface area contributed by atoms with Crippen molar-refractivity contribution in [2.75, 3.05) is 0 Å². The first-order chi connectivity index (χ1) is 12.0. The Morgan fingerprint density at radius 3 is 2.68 bits per heavy atom. The van der Waals surface area contributed by atoms with E-state index in [1.54, 1.807) is 6.92 Å². The topological polar surface area (TPSA) is 49.4 Å². The lowest BCUT2D eigenvalue weighted by atomic mass is 9.89. The third kappa shape index (κ3) is 2.67. The number of nitrogens with zero attached hydrogens (tertiary/aromatic N) is 1. The molecular formula is C20H19BrN2O2. The molecular weight excluding hydrogens is 380 g/mol. The van der Waals surface area contributed by atoms with Crippen LogP contribution in [0.5, 0.6) is 0 Å². The molecule has 128 valence electrons. The summed E-state index contributed by atoms with van der Waals surface area (Å²) in [4.78, 5) is 26.9. The van der Waals surface area contributed by atoms with Crippen LogP contribution in [0.25, 0.3) is 0 Å². The number of imide groups is 1. The van der Waals surface area contributed by atoms with E-state index >= 15 is 0 Å². The van der Waals surface area contributed by atoms with Gasteiger partial charge in [0, 0.05) is 4.47 Å². The maximum Gasteiger partial charge on any atom is 0.325 e. The Kier molecular flexibility index (Phi) is 3.91. The van der Waals surface area contributed by atoms with Crippen molar-refractivity contribution < 1.29 is 9.59 Å². The molecule has 3 amide bonds. The summed E-state index contributed by atoms with van der Waals surface area (Å²) in [6.45, 7) is 2.05. The van der Waals surface area contributed by atoms with Gasteiger partial charge in [-0.15, -0.1) is 0 Å². The SMILES string of the molecule is CC1(c2ccc3c(c2)CCC3)NC(=O)N(Cc2ccccc2Br)C1=O. The van der Waals surface area contributed by atoms with Crippen LogP contribution in [0.3, 0.4) is 0 Å². The monoisotopic (exact) mass is 398 g/mol. The van der Waals surface area contributed by atoms with E-state index in [9.17, 15) is 9.59 Å². The maximum atomic E-state index is 13.1. The van der Waals surface area contributed by atoms with Crippen molar-refractivity contribution in [3.05, 3.63) is 69.2 Å². The number of amides is 3. The predicted molar refractivity (Wildman–Crippen MR) is 99.0 cm³/mol. The van der Waals surface area contributed by atoms with Crippen LogP contribution in [0.15, 0.2) is 46.9 Å². The lowest BCUT2D eigenvalue weighted by Crippen LogP contribution is -2.41. The second-order valence-corrected chi connectivity index (χ2v) is 7.73. The van der Waals surface area contributed by atoms with Crippen LogP contribution in [0.1, 0.15) is 35.6 Å². The van der Waals surface area contributed by atoms with Crippen molar-refractivity contribution in [1.29, 1.82) is 0 Å². The number of halogens is 1. The van der Waals surface area contributed by atoms with Gasteiger partial charge in [0.25, 0.3) is 5.91 Å². The number of rotatable bonds is 3. The summed E-state index contributed by atoms with van der Waals surface area (Å²) in [6.07, 6.45) is 3.30. The van der Waals surface area contributed by atoms with Crippen molar-refractivity contribution in [2.24, 2.45) is 0 Å². The molecule has 0 bridgehead atoms. The van der Waals surface area contributed by atoms with E-state index < -0.39 is 5.54 Å². The van der Waals surface area contributed by atoms with Gasteiger partial charge < -0.3 is 5.32 Å². The van der Waals surface area contributed by atoms with E-state index in [0.29, 0.717) is 0 Å². The highest BCUT2D eigenvalue weighted by Gasteiger charge is 2.49. The standard InChI is InChI=1S/C20H19BrN2O2/c1-20(16-10-9-13-6-4-7-14(13)11-16)18(24)23(19(25)22-20)12-15-5-2-3-8-17(15)21/h2-3,5,8-11H,4,6-7,12H2,1H3,(H,22,25). The van der Waals surface area contributed by atoms with Gasteiger partial charge in [-0.1, -0.05) is 52.3 Å². The molecule has 0 aromatic heterocycles. The molecule has 25 heavy (non-hydrogen) atoms. The highest BCUT2D eigenvalue weighted by molar-refractivity contribution is 9.10. The molecule has 1 atom stereocenters. The van der Waals surface area contributed by atoms with Crippen molar-refractivity contribution in [1.82, 2.24) is 10.2 Å². The van der Waals surface area contributed by atoms with Gasteiger partial charge in [-0.2, -0.15) is 0 Å². The van der Waals surface area contributed by atoms with Crippen LogP contribution in [-0.2, 0) is 29.7 Å². The first kappa shape index (κ1) is 16.3. The zero-order valence-corrected chi connectivity index (χ0v) is 15.6. The first-order valence-electron chi connectivity index (χ1n) is 8.49. The van der Waals surface area contributed by atoms with E-state index in [4.69, 9.17) is 0 Å². The number of carbonyl (C=O) groups excluding carboxylic acids is 2. The smallest absolute Gasteiger partial charge is 0.319 e. The van der Waals surface area contributed by atoms with Crippen LogP contribution < -0.4 is 5.32 Å². The van der Waals surface area contributed by atoms with Gasteiger partial charge in [0.1, 0.15) is 5.54 Å². The number of aryl methyl sites for hydroxylation is 2. The average Bonchev–Trinajstić information content (AvgIpc) is 3.15. The van der Waals surface area contributed by atoms with Crippen molar-refractivity contribution in [2.45, 2.75) is 38.3 Å². The molecule has 0 radical (unpaired) electrons. The Bertz CT molecular complexity index is 880. The molecule has 1 aliphatic carbocycles. The molecule has 2 aromatic carbocycles. The highest BCUT2D eigenvalue weighted by atomic mass is 79.9. The minimum atomic E-state index is -1.00. The fourth-order valence-corrected chi connectivity index (χ4v) is 4.13. The van der Waals surface area contributed by atoms with Gasteiger partial charge in [-0.3, -0.25) is 9.69 Å².